The molecule has 0 aromatic heterocycles. The fraction of sp³-hybridized carbons (Fsp3) is 0.211. The van der Waals surface area contributed by atoms with Crippen molar-refractivity contribution in [2.75, 3.05) is 25.6 Å². The minimum atomic E-state index is -0.513. The Morgan fingerprint density at radius 1 is 1.19 bits per heavy atom. The maximum absolute atomic E-state index is 12.2. The Kier molecular flexibility index (Phi) is 5.17. The van der Waals surface area contributed by atoms with Crippen molar-refractivity contribution in [1.82, 2.24) is 0 Å². The van der Waals surface area contributed by atoms with Crippen molar-refractivity contribution in [2.45, 2.75) is 6.42 Å². The predicted octanol–water partition coefficient (Wildman–Crippen LogP) is 1.99. The summed E-state index contributed by atoms with van der Waals surface area (Å²) in [5, 5.41) is 2.63. The van der Waals surface area contributed by atoms with E-state index in [0.717, 1.165) is 5.56 Å². The molecule has 1 N–H and O–H groups in total. The molecule has 7 nitrogen and oxygen atoms in total. The van der Waals surface area contributed by atoms with E-state index in [0.29, 0.717) is 22.7 Å². The fourth-order valence-corrected chi connectivity index (χ4v) is 2.49. The number of amides is 1. The molecule has 0 bridgehead atoms. The van der Waals surface area contributed by atoms with Gasteiger partial charge in [-0.25, -0.2) is 0 Å². The molecule has 0 saturated carbocycles. The van der Waals surface area contributed by atoms with E-state index < -0.39 is 5.97 Å². The highest BCUT2D eigenvalue weighted by molar-refractivity contribution is 6.01. The summed E-state index contributed by atoms with van der Waals surface area (Å²) in [6.45, 7) is -0.432. The number of carbonyl (C=O) groups is 3. The zero-order valence-corrected chi connectivity index (χ0v) is 14.1. The minimum Gasteiger partial charge on any atom is -0.497 e. The molecule has 3 rings (SSSR count). The van der Waals surface area contributed by atoms with Crippen LogP contribution in [0.1, 0.15) is 15.9 Å². The molecule has 0 radical (unpaired) electrons. The number of esters is 1. The standard InChI is InChI=1S/C19H17NO6/c1-24-14-4-2-3-12(7-14)8-19(23)26-10-16(21)13-5-6-17-15(9-13)20-18(22)11-25-17/h2-7,9H,8,10-11H2,1H3,(H,20,22). The maximum Gasteiger partial charge on any atom is 0.310 e. The molecule has 0 fully saturated rings. The number of anilines is 1. The Hall–Kier alpha value is -3.35. The van der Waals surface area contributed by atoms with Gasteiger partial charge in [0.05, 0.1) is 19.2 Å². The van der Waals surface area contributed by atoms with Crippen LogP contribution >= 0.6 is 0 Å². The Balaban J connectivity index is 1.57. The fourth-order valence-electron chi connectivity index (χ4n) is 2.49. The van der Waals surface area contributed by atoms with Gasteiger partial charge in [0.15, 0.2) is 19.0 Å². The zero-order valence-electron chi connectivity index (χ0n) is 14.1. The van der Waals surface area contributed by atoms with E-state index in [2.05, 4.69) is 5.32 Å². The quantitative estimate of drug-likeness (QED) is 0.629. The van der Waals surface area contributed by atoms with Crippen LogP contribution in [0, 0.1) is 0 Å². The van der Waals surface area contributed by atoms with Gasteiger partial charge in [0.2, 0.25) is 0 Å². The molecule has 26 heavy (non-hydrogen) atoms. The third-order valence-corrected chi connectivity index (χ3v) is 3.78. The lowest BCUT2D eigenvalue weighted by atomic mass is 10.1. The van der Waals surface area contributed by atoms with Crippen molar-refractivity contribution in [2.24, 2.45) is 0 Å². The number of Topliss-reactive ketones (excluding diaryl/α,β-unsaturated/α-hetero) is 1. The molecular weight excluding hydrogens is 338 g/mol. The number of carbonyl (C=O) groups excluding carboxylic acids is 3. The van der Waals surface area contributed by atoms with Gasteiger partial charge in [0.25, 0.3) is 5.91 Å². The lowest BCUT2D eigenvalue weighted by Gasteiger charge is -2.18. The minimum absolute atomic E-state index is 0.0402. The molecule has 1 aliphatic rings. The molecule has 0 spiro atoms. The van der Waals surface area contributed by atoms with E-state index >= 15 is 0 Å². The normalized spacial score (nSPS) is 12.4. The van der Waals surface area contributed by atoms with E-state index in [1.54, 1.807) is 43.5 Å². The summed E-state index contributed by atoms with van der Waals surface area (Å²) in [5.41, 5.74) is 1.48. The van der Waals surface area contributed by atoms with Crippen molar-refractivity contribution in [3.8, 4) is 11.5 Å². The first-order valence-electron chi connectivity index (χ1n) is 7.93. The summed E-state index contributed by atoms with van der Waals surface area (Å²) in [6, 6.07) is 11.7. The summed E-state index contributed by atoms with van der Waals surface area (Å²) in [4.78, 5) is 35.5. The number of benzene rings is 2. The van der Waals surface area contributed by atoms with E-state index in [1.165, 1.54) is 6.07 Å². The van der Waals surface area contributed by atoms with Crippen LogP contribution in [0.4, 0.5) is 5.69 Å². The van der Waals surface area contributed by atoms with Crippen LogP contribution in [0.5, 0.6) is 11.5 Å². The van der Waals surface area contributed by atoms with Gasteiger partial charge in [0, 0.05) is 5.56 Å². The lowest BCUT2D eigenvalue weighted by molar-refractivity contribution is -0.141. The predicted molar refractivity (Wildman–Crippen MR) is 92.6 cm³/mol. The molecule has 1 heterocycles. The summed E-state index contributed by atoms with van der Waals surface area (Å²) in [6.07, 6.45) is 0.0402. The van der Waals surface area contributed by atoms with Crippen molar-refractivity contribution in [3.63, 3.8) is 0 Å². The molecule has 2 aromatic carbocycles. The lowest BCUT2D eigenvalue weighted by Crippen LogP contribution is -2.25. The first-order valence-corrected chi connectivity index (χ1v) is 7.93. The van der Waals surface area contributed by atoms with Crippen LogP contribution in [-0.2, 0) is 20.7 Å². The number of nitrogens with one attached hydrogen (secondary N) is 1. The third-order valence-electron chi connectivity index (χ3n) is 3.78. The average Bonchev–Trinajstić information content (AvgIpc) is 2.65. The molecule has 0 atom stereocenters. The largest absolute Gasteiger partial charge is 0.497 e. The summed E-state index contributed by atoms with van der Waals surface area (Å²) < 4.78 is 15.4. The third kappa shape index (κ3) is 4.18. The van der Waals surface area contributed by atoms with Crippen LogP contribution in [0.2, 0.25) is 0 Å². The van der Waals surface area contributed by atoms with Gasteiger partial charge in [-0.3, -0.25) is 14.4 Å². The number of fused-ring (bicyclic) bond motifs is 1. The molecular formula is C19H17NO6. The summed E-state index contributed by atoms with van der Waals surface area (Å²) in [5.74, 6) is -0.0273. The zero-order chi connectivity index (χ0) is 18.5. The van der Waals surface area contributed by atoms with Crippen LogP contribution in [0.25, 0.3) is 0 Å². The molecule has 2 aromatic rings. The Morgan fingerprint density at radius 3 is 2.85 bits per heavy atom. The average molecular weight is 355 g/mol. The van der Waals surface area contributed by atoms with Gasteiger partial charge in [-0.05, 0) is 35.9 Å². The van der Waals surface area contributed by atoms with E-state index in [1.807, 2.05) is 0 Å². The van der Waals surface area contributed by atoms with Crippen LogP contribution in [0.15, 0.2) is 42.5 Å². The molecule has 7 heteroatoms. The number of hydrogen-bond acceptors (Lipinski definition) is 6. The smallest absolute Gasteiger partial charge is 0.310 e. The van der Waals surface area contributed by atoms with Gasteiger partial charge in [-0.1, -0.05) is 12.1 Å². The molecule has 1 amide bonds. The highest BCUT2D eigenvalue weighted by Gasteiger charge is 2.18. The molecule has 0 unspecified atom stereocenters. The van der Waals surface area contributed by atoms with Crippen molar-refractivity contribution in [1.29, 1.82) is 0 Å². The van der Waals surface area contributed by atoms with Crippen LogP contribution in [0.3, 0.4) is 0 Å². The van der Waals surface area contributed by atoms with Crippen LogP contribution < -0.4 is 14.8 Å². The van der Waals surface area contributed by atoms with Gasteiger partial charge >= 0.3 is 5.97 Å². The van der Waals surface area contributed by atoms with Gasteiger partial charge in [-0.2, -0.15) is 0 Å². The molecule has 0 aliphatic carbocycles. The highest BCUT2D eigenvalue weighted by Crippen LogP contribution is 2.28. The second kappa shape index (κ2) is 7.69. The first-order chi connectivity index (χ1) is 12.5. The van der Waals surface area contributed by atoms with Crippen LogP contribution in [-0.4, -0.2) is 38.0 Å². The summed E-state index contributed by atoms with van der Waals surface area (Å²) >= 11 is 0. The number of methoxy groups -OCH3 is 1. The Morgan fingerprint density at radius 2 is 2.04 bits per heavy atom. The number of hydrogen-bond donors (Lipinski definition) is 1. The van der Waals surface area contributed by atoms with Crippen molar-refractivity contribution in [3.05, 3.63) is 53.6 Å². The van der Waals surface area contributed by atoms with E-state index in [9.17, 15) is 14.4 Å². The van der Waals surface area contributed by atoms with Crippen molar-refractivity contribution < 1.29 is 28.6 Å². The second-order valence-corrected chi connectivity index (χ2v) is 5.66. The van der Waals surface area contributed by atoms with Gasteiger partial charge in [-0.15, -0.1) is 0 Å². The van der Waals surface area contributed by atoms with E-state index in [-0.39, 0.29) is 31.3 Å². The highest BCUT2D eigenvalue weighted by atomic mass is 16.5. The topological polar surface area (TPSA) is 90.9 Å². The SMILES string of the molecule is COc1cccc(CC(=O)OCC(=O)c2ccc3c(c2)NC(=O)CO3)c1. The Labute approximate surface area is 149 Å². The van der Waals surface area contributed by atoms with Gasteiger partial charge < -0.3 is 19.5 Å². The maximum atomic E-state index is 12.2. The first kappa shape index (κ1) is 17.5. The number of rotatable bonds is 6. The molecule has 1 aliphatic heterocycles. The second-order valence-electron chi connectivity index (χ2n) is 5.66. The van der Waals surface area contributed by atoms with E-state index in [4.69, 9.17) is 14.2 Å². The monoisotopic (exact) mass is 355 g/mol. The Bertz CT molecular complexity index is 861. The van der Waals surface area contributed by atoms with Gasteiger partial charge in [0.1, 0.15) is 11.5 Å². The van der Waals surface area contributed by atoms with Crippen molar-refractivity contribution >= 4 is 23.3 Å². The molecule has 134 valence electrons. The number of ether oxygens (including phenoxy) is 3. The number of ketones is 1. The summed E-state index contributed by atoms with van der Waals surface area (Å²) in [7, 11) is 1.54. The molecule has 0 saturated heterocycles.